The van der Waals surface area contributed by atoms with E-state index in [0.29, 0.717) is 25.2 Å². The molecule has 2 aromatic carbocycles. The van der Waals surface area contributed by atoms with Crippen molar-refractivity contribution in [3.05, 3.63) is 59.7 Å². The van der Waals surface area contributed by atoms with E-state index in [2.05, 4.69) is 34.9 Å². The molecule has 0 radical (unpaired) electrons. The Morgan fingerprint density at radius 2 is 1.77 bits per heavy atom. The molecule has 1 aliphatic heterocycles. The number of hydrogen-bond donors (Lipinski definition) is 3. The summed E-state index contributed by atoms with van der Waals surface area (Å²) in [5.74, 6) is -1.20. The lowest BCUT2D eigenvalue weighted by molar-refractivity contribution is -0.144. The molecule has 1 heterocycles. The fraction of sp³-hybridized carbons (Fsp3) is 0.423. The molecule has 0 saturated carbocycles. The number of nitrogens with one attached hydrogen (secondary N) is 2. The van der Waals surface area contributed by atoms with Crippen LogP contribution in [0.15, 0.2) is 48.5 Å². The van der Waals surface area contributed by atoms with Crippen molar-refractivity contribution in [2.24, 2.45) is 5.92 Å². The van der Waals surface area contributed by atoms with Gasteiger partial charge in [0.1, 0.15) is 18.8 Å². The largest absolute Gasteiger partial charge is 0.480 e. The second kappa shape index (κ2) is 11.6. The quantitative estimate of drug-likeness (QED) is 0.461. The Morgan fingerprint density at radius 3 is 2.40 bits per heavy atom. The predicted molar refractivity (Wildman–Crippen MR) is 133 cm³/mol. The Labute approximate surface area is 208 Å². The Bertz CT molecular complexity index is 1030. The van der Waals surface area contributed by atoms with Gasteiger partial charge in [-0.1, -0.05) is 48.5 Å². The van der Waals surface area contributed by atoms with Crippen LogP contribution >= 0.6 is 11.8 Å². The second-order valence-electron chi connectivity index (χ2n) is 8.73. The SMILES string of the molecule is CSCCC(NC(=O)[C@@H]1OCC[C@@H]1CNC(=O)OCC1c2ccccc2-c2ccccc21)C(=O)O. The van der Waals surface area contributed by atoms with Crippen LogP contribution in [0.5, 0.6) is 0 Å². The second-order valence-corrected chi connectivity index (χ2v) is 9.71. The van der Waals surface area contributed by atoms with E-state index >= 15 is 0 Å². The molecule has 4 rings (SSSR count). The van der Waals surface area contributed by atoms with Crippen LogP contribution in [0.1, 0.15) is 29.9 Å². The number of hydrogen-bond acceptors (Lipinski definition) is 6. The van der Waals surface area contributed by atoms with Gasteiger partial charge in [0, 0.05) is 25.0 Å². The highest BCUT2D eigenvalue weighted by Gasteiger charge is 2.36. The third kappa shape index (κ3) is 5.79. The van der Waals surface area contributed by atoms with E-state index in [1.165, 1.54) is 11.8 Å². The molecule has 186 valence electrons. The van der Waals surface area contributed by atoms with Crippen LogP contribution in [-0.4, -0.2) is 67.0 Å². The summed E-state index contributed by atoms with van der Waals surface area (Å²) >= 11 is 1.52. The van der Waals surface area contributed by atoms with Gasteiger partial charge in [0.05, 0.1) is 0 Å². The van der Waals surface area contributed by atoms with Crippen molar-refractivity contribution < 1.29 is 29.0 Å². The van der Waals surface area contributed by atoms with Crippen molar-refractivity contribution in [2.75, 3.05) is 31.8 Å². The van der Waals surface area contributed by atoms with E-state index in [1.54, 1.807) is 0 Å². The van der Waals surface area contributed by atoms with Crippen molar-refractivity contribution in [3.63, 3.8) is 0 Å². The van der Waals surface area contributed by atoms with Crippen LogP contribution in [0.25, 0.3) is 11.1 Å². The Morgan fingerprint density at radius 1 is 1.11 bits per heavy atom. The first-order valence-corrected chi connectivity index (χ1v) is 13.1. The van der Waals surface area contributed by atoms with E-state index in [0.717, 1.165) is 22.3 Å². The molecule has 3 atom stereocenters. The molecule has 9 heteroatoms. The number of rotatable bonds is 10. The standard InChI is InChI=1S/C26H30N2O6S/c1-35-13-11-22(25(30)31)28-24(29)23-16(10-12-33-23)14-27-26(32)34-15-21-19-8-4-2-6-17(19)18-7-3-5-9-20(18)21/h2-9,16,21-23H,10-15H2,1H3,(H,27,32)(H,28,29)(H,30,31)/t16-,22?,23-/m1/s1. The molecule has 0 bridgehead atoms. The summed E-state index contributed by atoms with van der Waals surface area (Å²) in [6, 6.07) is 15.3. The van der Waals surface area contributed by atoms with E-state index in [-0.39, 0.29) is 25.0 Å². The third-order valence-corrected chi connectivity index (χ3v) is 7.19. The topological polar surface area (TPSA) is 114 Å². The summed E-state index contributed by atoms with van der Waals surface area (Å²) in [4.78, 5) is 36.6. The fourth-order valence-electron chi connectivity index (χ4n) is 4.74. The van der Waals surface area contributed by atoms with Gasteiger partial charge in [-0.05, 0) is 47.1 Å². The molecule has 1 fully saturated rings. The Kier molecular flexibility index (Phi) is 8.30. The first-order valence-electron chi connectivity index (χ1n) is 11.7. The number of benzene rings is 2. The van der Waals surface area contributed by atoms with Gasteiger partial charge in [0.25, 0.3) is 0 Å². The van der Waals surface area contributed by atoms with Crippen molar-refractivity contribution >= 4 is 29.7 Å². The number of alkyl carbamates (subject to hydrolysis) is 1. The number of thioether (sulfide) groups is 1. The van der Waals surface area contributed by atoms with Crippen LogP contribution in [-0.2, 0) is 19.1 Å². The van der Waals surface area contributed by atoms with Crippen LogP contribution in [0.3, 0.4) is 0 Å². The zero-order chi connectivity index (χ0) is 24.8. The first-order chi connectivity index (χ1) is 17.0. The number of aliphatic carboxylic acids is 1. The molecular formula is C26H30N2O6S. The summed E-state index contributed by atoms with van der Waals surface area (Å²) in [5.41, 5.74) is 4.59. The lowest BCUT2D eigenvalue weighted by Crippen LogP contribution is -2.48. The van der Waals surface area contributed by atoms with Crippen molar-refractivity contribution in [1.29, 1.82) is 0 Å². The molecular weight excluding hydrogens is 468 g/mol. The number of carbonyl (C=O) groups is 3. The predicted octanol–water partition coefficient (Wildman–Crippen LogP) is 3.25. The summed E-state index contributed by atoms with van der Waals surface area (Å²) in [7, 11) is 0. The number of carboxylic acid groups (broad SMARTS) is 1. The molecule has 0 aromatic heterocycles. The molecule has 1 unspecified atom stereocenters. The molecule has 8 nitrogen and oxygen atoms in total. The van der Waals surface area contributed by atoms with Crippen LogP contribution in [0, 0.1) is 5.92 Å². The minimum Gasteiger partial charge on any atom is -0.480 e. The van der Waals surface area contributed by atoms with E-state index < -0.39 is 30.1 Å². The molecule has 2 aliphatic rings. The third-order valence-electron chi connectivity index (χ3n) is 6.55. The van der Waals surface area contributed by atoms with Gasteiger partial charge in [-0.3, -0.25) is 4.79 Å². The van der Waals surface area contributed by atoms with Gasteiger partial charge in [-0.15, -0.1) is 0 Å². The molecule has 1 saturated heterocycles. The fourth-order valence-corrected chi connectivity index (χ4v) is 5.21. The summed E-state index contributed by atoms with van der Waals surface area (Å²) in [6.07, 6.45) is 1.44. The molecule has 35 heavy (non-hydrogen) atoms. The smallest absolute Gasteiger partial charge is 0.407 e. The maximum atomic E-state index is 12.7. The molecule has 2 aromatic rings. The zero-order valence-corrected chi connectivity index (χ0v) is 20.4. The van der Waals surface area contributed by atoms with E-state index in [1.807, 2.05) is 30.5 Å². The maximum Gasteiger partial charge on any atom is 0.407 e. The van der Waals surface area contributed by atoms with E-state index in [4.69, 9.17) is 9.47 Å². The first kappa shape index (κ1) is 25.1. The normalized spacial score (nSPS) is 19.5. The highest BCUT2D eigenvalue weighted by atomic mass is 32.2. The zero-order valence-electron chi connectivity index (χ0n) is 19.6. The summed E-state index contributed by atoms with van der Waals surface area (Å²) < 4.78 is 11.1. The monoisotopic (exact) mass is 498 g/mol. The number of amides is 2. The Balaban J connectivity index is 1.29. The van der Waals surface area contributed by atoms with Gasteiger partial charge in [0.2, 0.25) is 5.91 Å². The van der Waals surface area contributed by atoms with Gasteiger partial charge < -0.3 is 25.2 Å². The minimum atomic E-state index is -1.07. The summed E-state index contributed by atoms with van der Waals surface area (Å²) in [5, 5.41) is 14.7. The summed E-state index contributed by atoms with van der Waals surface area (Å²) in [6.45, 7) is 0.787. The highest BCUT2D eigenvalue weighted by molar-refractivity contribution is 7.98. The number of ether oxygens (including phenoxy) is 2. The van der Waals surface area contributed by atoms with Gasteiger partial charge in [0.15, 0.2) is 0 Å². The molecule has 3 N–H and O–H groups in total. The van der Waals surface area contributed by atoms with Gasteiger partial charge >= 0.3 is 12.1 Å². The molecule has 0 spiro atoms. The number of carbonyl (C=O) groups excluding carboxylic acids is 2. The van der Waals surface area contributed by atoms with E-state index in [9.17, 15) is 19.5 Å². The minimum absolute atomic E-state index is 0.0317. The van der Waals surface area contributed by atoms with Crippen molar-refractivity contribution in [1.82, 2.24) is 10.6 Å². The highest BCUT2D eigenvalue weighted by Crippen LogP contribution is 2.44. The van der Waals surface area contributed by atoms with Crippen LogP contribution in [0.2, 0.25) is 0 Å². The molecule has 2 amide bonds. The lowest BCUT2D eigenvalue weighted by atomic mass is 9.98. The maximum absolute atomic E-state index is 12.7. The average molecular weight is 499 g/mol. The Hall–Kier alpha value is -3.04. The number of carboxylic acids is 1. The van der Waals surface area contributed by atoms with Crippen LogP contribution in [0.4, 0.5) is 4.79 Å². The van der Waals surface area contributed by atoms with Gasteiger partial charge in [-0.2, -0.15) is 11.8 Å². The number of fused-ring (bicyclic) bond motifs is 3. The molecule has 1 aliphatic carbocycles. The van der Waals surface area contributed by atoms with Gasteiger partial charge in [-0.25, -0.2) is 9.59 Å². The van der Waals surface area contributed by atoms with Crippen molar-refractivity contribution in [2.45, 2.75) is 30.9 Å². The lowest BCUT2D eigenvalue weighted by Gasteiger charge is -2.21. The van der Waals surface area contributed by atoms with Crippen molar-refractivity contribution in [3.8, 4) is 11.1 Å². The van der Waals surface area contributed by atoms with Crippen LogP contribution < -0.4 is 10.6 Å². The average Bonchev–Trinajstić information content (AvgIpc) is 3.46.